The molecule has 0 radical (unpaired) electrons. The van der Waals surface area contributed by atoms with Crippen LogP contribution in [0.2, 0.25) is 0 Å². The average Bonchev–Trinajstić information content (AvgIpc) is 3.05. The molecule has 1 aromatic heterocycles. The van der Waals surface area contributed by atoms with Crippen LogP contribution in [0.5, 0.6) is 0 Å². The first-order valence-corrected chi connectivity index (χ1v) is 7.04. The maximum Gasteiger partial charge on any atom is 0.331 e. The fourth-order valence-corrected chi connectivity index (χ4v) is 2.50. The van der Waals surface area contributed by atoms with E-state index in [9.17, 15) is 4.79 Å². The molecular weight excluding hydrogens is 266 g/mol. The van der Waals surface area contributed by atoms with Crippen LogP contribution >= 0.6 is 0 Å². The van der Waals surface area contributed by atoms with Crippen LogP contribution in [0.25, 0.3) is 11.3 Å². The van der Waals surface area contributed by atoms with Gasteiger partial charge in [-0.1, -0.05) is 29.8 Å². The monoisotopic (exact) mass is 285 g/mol. The van der Waals surface area contributed by atoms with E-state index in [1.807, 2.05) is 45.0 Å². The quantitative estimate of drug-likeness (QED) is 0.809. The minimum absolute atomic E-state index is 0.108. The highest BCUT2D eigenvalue weighted by Gasteiger charge is 2.37. The first kappa shape index (κ1) is 13.8. The lowest BCUT2D eigenvalue weighted by molar-refractivity contribution is -0.0305. The smallest absolute Gasteiger partial charge is 0.331 e. The van der Waals surface area contributed by atoms with Crippen LogP contribution in [-0.4, -0.2) is 39.4 Å². The van der Waals surface area contributed by atoms with Gasteiger partial charge in [0.1, 0.15) is 12.1 Å². The molecule has 1 saturated heterocycles. The van der Waals surface area contributed by atoms with E-state index >= 15 is 0 Å². The number of ether oxygens (including phenoxy) is 1. The molecule has 2 heterocycles. The van der Waals surface area contributed by atoms with Crippen molar-refractivity contribution in [3.8, 4) is 11.3 Å². The van der Waals surface area contributed by atoms with Crippen molar-refractivity contribution in [3.05, 3.63) is 42.4 Å². The minimum atomic E-state index is -0.564. The van der Waals surface area contributed by atoms with Gasteiger partial charge in [0, 0.05) is 18.3 Å². The molecule has 0 aliphatic carbocycles. The summed E-state index contributed by atoms with van der Waals surface area (Å²) in [5.74, 6) is 0. The molecule has 0 atom stereocenters. The number of imidazole rings is 1. The second kappa shape index (κ2) is 5.00. The van der Waals surface area contributed by atoms with E-state index in [1.165, 1.54) is 10.1 Å². The van der Waals surface area contributed by atoms with Gasteiger partial charge in [-0.05, 0) is 20.8 Å². The molecule has 1 aromatic carbocycles. The fraction of sp³-hybridized carbons (Fsp3) is 0.375. The number of carbonyl (C=O) groups excluding carboxylic acids is 1. The van der Waals surface area contributed by atoms with Crippen molar-refractivity contribution >= 4 is 6.03 Å². The zero-order valence-electron chi connectivity index (χ0n) is 12.5. The van der Waals surface area contributed by atoms with E-state index < -0.39 is 5.72 Å². The summed E-state index contributed by atoms with van der Waals surface area (Å²) in [5.41, 5.74) is 2.43. The zero-order chi connectivity index (χ0) is 15.0. The van der Waals surface area contributed by atoms with E-state index in [-0.39, 0.29) is 6.03 Å². The molecule has 3 rings (SSSR count). The Balaban J connectivity index is 1.85. The second-order valence-corrected chi connectivity index (χ2v) is 5.76. The van der Waals surface area contributed by atoms with E-state index in [1.54, 1.807) is 17.4 Å². The molecule has 0 saturated carbocycles. The van der Waals surface area contributed by atoms with Crippen LogP contribution in [0.15, 0.2) is 36.8 Å². The molecule has 21 heavy (non-hydrogen) atoms. The van der Waals surface area contributed by atoms with Crippen LogP contribution in [0.4, 0.5) is 4.79 Å². The standard InChI is InChI=1S/C16H19N3O2/c1-12-4-6-13(7-5-12)14-10-18(11-17-14)15(20)19-8-9-21-16(19,2)3/h4-7,10-11H,8-9H2,1-3H3. The van der Waals surface area contributed by atoms with Gasteiger partial charge >= 0.3 is 6.03 Å². The van der Waals surface area contributed by atoms with Crippen molar-refractivity contribution < 1.29 is 9.53 Å². The van der Waals surface area contributed by atoms with E-state index in [4.69, 9.17) is 4.74 Å². The number of carbonyl (C=O) groups is 1. The SMILES string of the molecule is Cc1ccc(-c2cn(C(=O)N3CCOC3(C)C)cn2)cc1. The van der Waals surface area contributed by atoms with Gasteiger partial charge in [0.15, 0.2) is 0 Å². The molecule has 0 N–H and O–H groups in total. The average molecular weight is 285 g/mol. The highest BCUT2D eigenvalue weighted by atomic mass is 16.5. The van der Waals surface area contributed by atoms with Gasteiger partial charge in [0.25, 0.3) is 0 Å². The minimum Gasteiger partial charge on any atom is -0.354 e. The van der Waals surface area contributed by atoms with Crippen molar-refractivity contribution in [1.82, 2.24) is 14.5 Å². The Morgan fingerprint density at radius 3 is 2.62 bits per heavy atom. The number of hydrogen-bond acceptors (Lipinski definition) is 3. The maximum absolute atomic E-state index is 12.5. The molecular formula is C16H19N3O2. The summed E-state index contributed by atoms with van der Waals surface area (Å²) in [7, 11) is 0. The Morgan fingerprint density at radius 1 is 1.29 bits per heavy atom. The van der Waals surface area contributed by atoms with E-state index in [2.05, 4.69) is 4.98 Å². The Bertz CT molecular complexity index is 658. The van der Waals surface area contributed by atoms with Crippen LogP contribution in [0.1, 0.15) is 19.4 Å². The fourth-order valence-electron chi connectivity index (χ4n) is 2.50. The number of benzene rings is 1. The number of hydrogen-bond donors (Lipinski definition) is 0. The highest BCUT2D eigenvalue weighted by Crippen LogP contribution is 2.24. The summed E-state index contributed by atoms with van der Waals surface area (Å²) in [6.45, 7) is 7.01. The van der Waals surface area contributed by atoms with Gasteiger partial charge in [-0.2, -0.15) is 0 Å². The Kier molecular flexibility index (Phi) is 3.29. The summed E-state index contributed by atoms with van der Waals surface area (Å²) in [6.07, 6.45) is 3.33. The van der Waals surface area contributed by atoms with Crippen LogP contribution in [0, 0.1) is 6.92 Å². The molecule has 5 heteroatoms. The van der Waals surface area contributed by atoms with Crippen molar-refractivity contribution in [3.63, 3.8) is 0 Å². The molecule has 5 nitrogen and oxygen atoms in total. The predicted molar refractivity (Wildman–Crippen MR) is 79.9 cm³/mol. The number of rotatable bonds is 1. The third-order valence-corrected chi connectivity index (χ3v) is 3.80. The number of nitrogens with zero attached hydrogens (tertiary/aromatic N) is 3. The summed E-state index contributed by atoms with van der Waals surface area (Å²) in [5, 5.41) is 0. The molecule has 0 unspecified atom stereocenters. The Hall–Kier alpha value is -2.14. The van der Waals surface area contributed by atoms with Crippen molar-refractivity contribution in [2.75, 3.05) is 13.2 Å². The highest BCUT2D eigenvalue weighted by molar-refractivity contribution is 5.79. The normalized spacial score (nSPS) is 17.2. The van der Waals surface area contributed by atoms with Crippen LogP contribution < -0.4 is 0 Å². The van der Waals surface area contributed by atoms with Gasteiger partial charge in [0.2, 0.25) is 0 Å². The van der Waals surface area contributed by atoms with Crippen molar-refractivity contribution in [2.24, 2.45) is 0 Å². The van der Waals surface area contributed by atoms with Crippen molar-refractivity contribution in [1.29, 1.82) is 0 Å². The first-order valence-electron chi connectivity index (χ1n) is 7.04. The second-order valence-electron chi connectivity index (χ2n) is 5.76. The summed E-state index contributed by atoms with van der Waals surface area (Å²) in [6, 6.07) is 7.98. The molecule has 0 spiro atoms. The number of aromatic nitrogens is 2. The van der Waals surface area contributed by atoms with Gasteiger partial charge in [-0.3, -0.25) is 9.47 Å². The van der Waals surface area contributed by atoms with Gasteiger partial charge in [0.05, 0.1) is 12.3 Å². The topological polar surface area (TPSA) is 47.4 Å². The predicted octanol–water partition coefficient (Wildman–Crippen LogP) is 2.89. The Morgan fingerprint density at radius 2 is 2.00 bits per heavy atom. The Labute approximate surface area is 124 Å². The molecule has 2 aromatic rings. The van der Waals surface area contributed by atoms with Crippen molar-refractivity contribution in [2.45, 2.75) is 26.5 Å². The summed E-state index contributed by atoms with van der Waals surface area (Å²) < 4.78 is 7.09. The third-order valence-electron chi connectivity index (χ3n) is 3.80. The number of amides is 1. The van der Waals surface area contributed by atoms with E-state index in [0.29, 0.717) is 13.2 Å². The maximum atomic E-state index is 12.5. The van der Waals surface area contributed by atoms with Gasteiger partial charge in [-0.25, -0.2) is 9.78 Å². The third kappa shape index (κ3) is 2.56. The molecule has 1 amide bonds. The largest absolute Gasteiger partial charge is 0.354 e. The van der Waals surface area contributed by atoms with Crippen LogP contribution in [0.3, 0.4) is 0 Å². The zero-order valence-corrected chi connectivity index (χ0v) is 12.5. The van der Waals surface area contributed by atoms with E-state index in [0.717, 1.165) is 11.3 Å². The molecule has 1 fully saturated rings. The molecule has 110 valence electrons. The first-order chi connectivity index (χ1) is 9.97. The summed E-state index contributed by atoms with van der Waals surface area (Å²) in [4.78, 5) is 18.6. The number of aryl methyl sites for hydroxylation is 1. The van der Waals surface area contributed by atoms with Crippen LogP contribution in [-0.2, 0) is 4.74 Å². The van der Waals surface area contributed by atoms with Gasteiger partial charge < -0.3 is 4.74 Å². The lowest BCUT2D eigenvalue weighted by atomic mass is 10.1. The molecule has 1 aliphatic rings. The molecule has 1 aliphatic heterocycles. The summed E-state index contributed by atoms with van der Waals surface area (Å²) >= 11 is 0. The lowest BCUT2D eigenvalue weighted by Gasteiger charge is -2.29. The van der Waals surface area contributed by atoms with Gasteiger partial charge in [-0.15, -0.1) is 0 Å². The lowest BCUT2D eigenvalue weighted by Crippen LogP contribution is -2.45. The molecule has 0 bridgehead atoms.